The SMILES string of the molecule is C=CC(CC)(OCCCC)C(O[SiH3])(OCCCC)OCCCC. The average Bonchev–Trinajstić information content (AvgIpc) is 2.58. The van der Waals surface area contributed by atoms with Crippen LogP contribution >= 0.6 is 0 Å². The highest BCUT2D eigenvalue weighted by Crippen LogP contribution is 2.37. The van der Waals surface area contributed by atoms with Crippen molar-refractivity contribution in [2.75, 3.05) is 19.8 Å². The third-order valence-corrected chi connectivity index (χ3v) is 4.62. The van der Waals surface area contributed by atoms with Crippen LogP contribution in [0.4, 0.5) is 0 Å². The van der Waals surface area contributed by atoms with E-state index in [1.807, 2.05) is 0 Å². The minimum atomic E-state index is -1.17. The minimum absolute atomic E-state index is 0.504. The van der Waals surface area contributed by atoms with Gasteiger partial charge in [0.25, 0.3) is 0 Å². The zero-order valence-electron chi connectivity index (χ0n) is 16.0. The summed E-state index contributed by atoms with van der Waals surface area (Å²) in [6, 6.07) is 0. The summed E-state index contributed by atoms with van der Waals surface area (Å²) >= 11 is 0. The number of ether oxygens (including phenoxy) is 3. The van der Waals surface area contributed by atoms with Crippen molar-refractivity contribution in [3.63, 3.8) is 0 Å². The molecule has 0 heterocycles. The Bertz CT molecular complexity index is 289. The summed E-state index contributed by atoms with van der Waals surface area (Å²) in [5.74, 6) is -1.17. The molecule has 0 aromatic rings. The van der Waals surface area contributed by atoms with Crippen LogP contribution in [0.3, 0.4) is 0 Å². The van der Waals surface area contributed by atoms with Gasteiger partial charge in [-0.05, 0) is 25.7 Å². The third-order valence-electron chi connectivity index (χ3n) is 4.08. The molecule has 0 radical (unpaired) electrons. The smallest absolute Gasteiger partial charge is 0.307 e. The van der Waals surface area contributed by atoms with Crippen molar-refractivity contribution >= 4 is 10.5 Å². The second-order valence-electron chi connectivity index (χ2n) is 5.81. The van der Waals surface area contributed by atoms with Crippen molar-refractivity contribution in [3.05, 3.63) is 12.7 Å². The van der Waals surface area contributed by atoms with Crippen LogP contribution in [0.15, 0.2) is 12.7 Å². The predicted molar refractivity (Wildman–Crippen MR) is 99.6 cm³/mol. The lowest BCUT2D eigenvalue weighted by Gasteiger charge is -2.46. The number of hydrogen-bond acceptors (Lipinski definition) is 4. The van der Waals surface area contributed by atoms with Crippen molar-refractivity contribution in [3.8, 4) is 0 Å². The lowest BCUT2D eigenvalue weighted by molar-refractivity contribution is -0.408. The van der Waals surface area contributed by atoms with Gasteiger partial charge in [0.1, 0.15) is 0 Å². The number of rotatable bonds is 16. The summed E-state index contributed by atoms with van der Waals surface area (Å²) in [4.78, 5) is 0. The second-order valence-corrected chi connectivity index (χ2v) is 6.22. The number of unbranched alkanes of at least 4 members (excludes halogenated alkanes) is 3. The van der Waals surface area contributed by atoms with Crippen molar-refractivity contribution < 1.29 is 18.6 Å². The standard InChI is InChI=1S/C18H38O4Si/c1-6-11-14-19-17(9-4,10-5)18(22-23,20-15-12-7-2)21-16-13-8-3/h9H,4,6-8,10-16H2,1-3,5,23H3. The topological polar surface area (TPSA) is 36.9 Å². The molecule has 0 aromatic carbocycles. The van der Waals surface area contributed by atoms with Gasteiger partial charge in [-0.1, -0.05) is 59.6 Å². The van der Waals surface area contributed by atoms with Gasteiger partial charge in [-0.2, -0.15) is 0 Å². The average molecular weight is 347 g/mol. The quantitative estimate of drug-likeness (QED) is 0.185. The summed E-state index contributed by atoms with van der Waals surface area (Å²) in [5, 5.41) is 0. The molecule has 0 bridgehead atoms. The fourth-order valence-corrected chi connectivity index (χ4v) is 2.99. The molecule has 4 nitrogen and oxygen atoms in total. The molecule has 0 aliphatic carbocycles. The molecule has 0 saturated heterocycles. The van der Waals surface area contributed by atoms with Gasteiger partial charge >= 0.3 is 5.97 Å². The second kappa shape index (κ2) is 13.1. The summed E-state index contributed by atoms with van der Waals surface area (Å²) in [6.07, 6.45) is 8.65. The van der Waals surface area contributed by atoms with E-state index in [0.717, 1.165) is 38.5 Å². The molecule has 0 spiro atoms. The molecular weight excluding hydrogens is 308 g/mol. The Morgan fingerprint density at radius 2 is 1.26 bits per heavy atom. The van der Waals surface area contributed by atoms with Crippen molar-refractivity contribution in [2.24, 2.45) is 0 Å². The fourth-order valence-electron chi connectivity index (χ4n) is 2.41. The Balaban J connectivity index is 5.34. The van der Waals surface area contributed by atoms with E-state index < -0.39 is 11.6 Å². The van der Waals surface area contributed by atoms with E-state index in [4.69, 9.17) is 18.6 Å². The largest absolute Gasteiger partial charge is 0.378 e. The Morgan fingerprint density at radius 1 is 0.826 bits per heavy atom. The maximum absolute atomic E-state index is 6.22. The lowest BCUT2D eigenvalue weighted by Crippen LogP contribution is -2.60. The van der Waals surface area contributed by atoms with Crippen LogP contribution in [0.25, 0.3) is 0 Å². The molecule has 1 atom stereocenters. The van der Waals surface area contributed by atoms with Gasteiger partial charge < -0.3 is 18.6 Å². The van der Waals surface area contributed by atoms with Crippen molar-refractivity contribution in [2.45, 2.75) is 84.2 Å². The molecule has 5 heteroatoms. The van der Waals surface area contributed by atoms with E-state index in [1.54, 1.807) is 6.08 Å². The predicted octanol–water partition coefficient (Wildman–Crippen LogP) is 3.72. The summed E-state index contributed by atoms with van der Waals surface area (Å²) in [5.41, 5.74) is -0.772. The van der Waals surface area contributed by atoms with Gasteiger partial charge in [-0.15, -0.1) is 0 Å². The molecule has 138 valence electrons. The highest BCUT2D eigenvalue weighted by atomic mass is 28.2. The third kappa shape index (κ3) is 6.67. The summed E-state index contributed by atoms with van der Waals surface area (Å²) in [6.45, 7) is 14.3. The van der Waals surface area contributed by atoms with Crippen LogP contribution < -0.4 is 0 Å². The van der Waals surface area contributed by atoms with E-state index >= 15 is 0 Å². The monoisotopic (exact) mass is 346 g/mol. The first-order valence-electron chi connectivity index (χ1n) is 9.22. The molecule has 0 saturated carbocycles. The zero-order chi connectivity index (χ0) is 17.6. The maximum atomic E-state index is 6.22. The van der Waals surface area contributed by atoms with Crippen LogP contribution in [0.2, 0.25) is 0 Å². The Hall–Kier alpha value is -0.203. The fraction of sp³-hybridized carbons (Fsp3) is 0.889. The molecule has 0 fully saturated rings. The highest BCUT2D eigenvalue weighted by Gasteiger charge is 2.53. The first-order valence-corrected chi connectivity index (χ1v) is 10.0. The molecule has 0 amide bonds. The van der Waals surface area contributed by atoms with E-state index in [2.05, 4.69) is 34.3 Å². The molecule has 1 unspecified atom stereocenters. The van der Waals surface area contributed by atoms with E-state index in [9.17, 15) is 0 Å². The van der Waals surface area contributed by atoms with E-state index in [-0.39, 0.29) is 0 Å². The summed E-state index contributed by atoms with van der Waals surface area (Å²) in [7, 11) is 0.504. The zero-order valence-corrected chi connectivity index (χ0v) is 18.0. The van der Waals surface area contributed by atoms with E-state index in [1.165, 1.54) is 0 Å². The molecule has 23 heavy (non-hydrogen) atoms. The van der Waals surface area contributed by atoms with Gasteiger partial charge in [0, 0.05) is 6.61 Å². The first-order chi connectivity index (χ1) is 11.1. The Morgan fingerprint density at radius 3 is 1.57 bits per heavy atom. The summed E-state index contributed by atoms with van der Waals surface area (Å²) < 4.78 is 24.4. The van der Waals surface area contributed by atoms with Gasteiger partial charge in [-0.25, -0.2) is 0 Å². The van der Waals surface area contributed by atoms with Gasteiger partial charge in [-0.3, -0.25) is 0 Å². The molecule has 0 aliphatic rings. The van der Waals surface area contributed by atoms with Crippen LogP contribution in [0, 0.1) is 0 Å². The minimum Gasteiger partial charge on any atom is -0.378 e. The van der Waals surface area contributed by atoms with Gasteiger partial charge in [0.05, 0.1) is 13.2 Å². The van der Waals surface area contributed by atoms with Crippen molar-refractivity contribution in [1.29, 1.82) is 0 Å². The normalized spacial score (nSPS) is 14.8. The molecular formula is C18H38O4Si. The van der Waals surface area contributed by atoms with Crippen LogP contribution in [-0.4, -0.2) is 41.9 Å². The Labute approximate surface area is 146 Å². The highest BCUT2D eigenvalue weighted by molar-refractivity contribution is 5.98. The van der Waals surface area contributed by atoms with Gasteiger partial charge in [0.2, 0.25) is 0 Å². The molecule has 0 rings (SSSR count). The molecule has 0 aromatic heterocycles. The maximum Gasteiger partial charge on any atom is 0.307 e. The van der Waals surface area contributed by atoms with E-state index in [0.29, 0.717) is 36.7 Å². The van der Waals surface area contributed by atoms with Crippen molar-refractivity contribution in [1.82, 2.24) is 0 Å². The molecule has 0 aliphatic heterocycles. The van der Waals surface area contributed by atoms with Crippen LogP contribution in [0.5, 0.6) is 0 Å². The molecule has 0 N–H and O–H groups in total. The van der Waals surface area contributed by atoms with Gasteiger partial charge in [0.15, 0.2) is 16.1 Å². The van der Waals surface area contributed by atoms with Crippen LogP contribution in [-0.2, 0) is 18.6 Å². The first kappa shape index (κ1) is 22.8. The van der Waals surface area contributed by atoms with Crippen LogP contribution in [0.1, 0.15) is 72.6 Å². The number of hydrogen-bond donors (Lipinski definition) is 0. The lowest BCUT2D eigenvalue weighted by atomic mass is 9.96. The Kier molecular flexibility index (Phi) is 13.0.